The molecule has 15 heavy (non-hydrogen) atoms. The van der Waals surface area contributed by atoms with E-state index in [1.807, 2.05) is 6.92 Å². The molecular weight excluding hydrogens is 196 g/mol. The van der Waals surface area contributed by atoms with Crippen molar-refractivity contribution in [1.82, 2.24) is 4.98 Å². The molecule has 0 saturated carbocycles. The third kappa shape index (κ3) is 1.52. The standard InChI is InChI=1S/C10H10N2O3/c1-5-3-6(9(13)14-2)4-7-8(5)15-10(11)12-7/h3-4H,1-2H3,(H2,11,12). The monoisotopic (exact) mass is 206 g/mol. The van der Waals surface area contributed by atoms with E-state index in [1.54, 1.807) is 12.1 Å². The highest BCUT2D eigenvalue weighted by Crippen LogP contribution is 2.22. The van der Waals surface area contributed by atoms with Crippen molar-refractivity contribution < 1.29 is 13.9 Å². The number of nitrogens with zero attached hydrogens (tertiary/aromatic N) is 1. The Morgan fingerprint density at radius 1 is 1.53 bits per heavy atom. The van der Waals surface area contributed by atoms with Gasteiger partial charge in [0.25, 0.3) is 6.01 Å². The van der Waals surface area contributed by atoms with Gasteiger partial charge in [-0.1, -0.05) is 0 Å². The van der Waals surface area contributed by atoms with Gasteiger partial charge < -0.3 is 14.9 Å². The van der Waals surface area contributed by atoms with Crippen LogP contribution in [0.5, 0.6) is 0 Å². The molecule has 1 aromatic heterocycles. The molecule has 1 aromatic carbocycles. The van der Waals surface area contributed by atoms with Gasteiger partial charge in [0.2, 0.25) is 0 Å². The lowest BCUT2D eigenvalue weighted by Crippen LogP contribution is -2.01. The molecule has 78 valence electrons. The normalized spacial score (nSPS) is 10.5. The lowest BCUT2D eigenvalue weighted by Gasteiger charge is -2.00. The summed E-state index contributed by atoms with van der Waals surface area (Å²) in [5.74, 6) is -0.401. The molecule has 2 aromatic rings. The van der Waals surface area contributed by atoms with Crippen molar-refractivity contribution >= 4 is 23.1 Å². The highest BCUT2D eigenvalue weighted by Gasteiger charge is 2.12. The first kappa shape index (κ1) is 9.51. The van der Waals surface area contributed by atoms with Crippen molar-refractivity contribution in [2.24, 2.45) is 0 Å². The van der Waals surface area contributed by atoms with Crippen molar-refractivity contribution in [3.05, 3.63) is 23.3 Å². The zero-order chi connectivity index (χ0) is 11.0. The largest absolute Gasteiger partial charge is 0.465 e. The first-order chi connectivity index (χ1) is 7.11. The van der Waals surface area contributed by atoms with E-state index in [4.69, 9.17) is 10.2 Å². The van der Waals surface area contributed by atoms with Crippen LogP contribution in [0, 0.1) is 6.92 Å². The van der Waals surface area contributed by atoms with Crippen molar-refractivity contribution in [3.63, 3.8) is 0 Å². The minimum Gasteiger partial charge on any atom is -0.465 e. The lowest BCUT2D eigenvalue weighted by atomic mass is 10.1. The van der Waals surface area contributed by atoms with E-state index < -0.39 is 5.97 Å². The van der Waals surface area contributed by atoms with Crippen molar-refractivity contribution in [2.45, 2.75) is 6.92 Å². The molecule has 0 atom stereocenters. The van der Waals surface area contributed by atoms with Crippen LogP contribution in [-0.4, -0.2) is 18.1 Å². The Kier molecular flexibility index (Phi) is 2.07. The third-order valence-electron chi connectivity index (χ3n) is 2.11. The van der Waals surface area contributed by atoms with Crippen molar-refractivity contribution in [1.29, 1.82) is 0 Å². The SMILES string of the molecule is COC(=O)c1cc(C)c2oc(N)nc2c1. The van der Waals surface area contributed by atoms with Crippen LogP contribution in [0.1, 0.15) is 15.9 Å². The number of oxazole rings is 1. The number of carbonyl (C=O) groups is 1. The van der Waals surface area contributed by atoms with Crippen molar-refractivity contribution in [2.75, 3.05) is 12.8 Å². The number of benzene rings is 1. The molecule has 0 aliphatic heterocycles. The van der Waals surface area contributed by atoms with Crippen LogP contribution in [0.2, 0.25) is 0 Å². The topological polar surface area (TPSA) is 78.3 Å². The number of hydrogen-bond donors (Lipinski definition) is 1. The maximum Gasteiger partial charge on any atom is 0.337 e. The number of ether oxygens (including phenoxy) is 1. The van der Waals surface area contributed by atoms with Gasteiger partial charge in [-0.15, -0.1) is 0 Å². The number of carbonyl (C=O) groups excluding carboxylic acids is 1. The first-order valence-corrected chi connectivity index (χ1v) is 4.37. The molecule has 0 radical (unpaired) electrons. The van der Waals surface area contributed by atoms with Crippen LogP contribution in [-0.2, 0) is 4.74 Å². The van der Waals surface area contributed by atoms with Crippen LogP contribution in [0.3, 0.4) is 0 Å². The molecule has 2 rings (SSSR count). The van der Waals surface area contributed by atoms with Gasteiger partial charge in [0.1, 0.15) is 5.52 Å². The molecule has 5 heteroatoms. The van der Waals surface area contributed by atoms with Crippen LogP contribution in [0.15, 0.2) is 16.5 Å². The van der Waals surface area contributed by atoms with Gasteiger partial charge >= 0.3 is 5.97 Å². The molecule has 0 aliphatic carbocycles. The van der Waals surface area contributed by atoms with Crippen LogP contribution < -0.4 is 5.73 Å². The van der Waals surface area contributed by atoms with Crippen LogP contribution in [0.25, 0.3) is 11.1 Å². The van der Waals surface area contributed by atoms with E-state index in [2.05, 4.69) is 9.72 Å². The average molecular weight is 206 g/mol. The van der Waals surface area contributed by atoms with Gasteiger partial charge in [-0.25, -0.2) is 4.79 Å². The minimum absolute atomic E-state index is 0.0927. The first-order valence-electron chi connectivity index (χ1n) is 4.37. The zero-order valence-electron chi connectivity index (χ0n) is 8.40. The quantitative estimate of drug-likeness (QED) is 0.715. The summed E-state index contributed by atoms with van der Waals surface area (Å²) >= 11 is 0. The number of nitrogens with two attached hydrogens (primary N) is 1. The molecule has 0 bridgehead atoms. The van der Waals surface area contributed by atoms with Crippen LogP contribution >= 0.6 is 0 Å². The Hall–Kier alpha value is -2.04. The van der Waals surface area contributed by atoms with Gasteiger partial charge in [0, 0.05) is 0 Å². The third-order valence-corrected chi connectivity index (χ3v) is 2.11. The molecular formula is C10H10N2O3. The van der Waals surface area contributed by atoms with E-state index in [-0.39, 0.29) is 6.01 Å². The Morgan fingerprint density at radius 2 is 2.27 bits per heavy atom. The van der Waals surface area contributed by atoms with E-state index in [1.165, 1.54) is 7.11 Å². The summed E-state index contributed by atoms with van der Waals surface area (Å²) in [7, 11) is 1.33. The molecule has 0 fully saturated rings. The summed E-state index contributed by atoms with van der Waals surface area (Å²) in [6.45, 7) is 1.82. The van der Waals surface area contributed by atoms with Gasteiger partial charge in [-0.3, -0.25) is 0 Å². The fourth-order valence-corrected chi connectivity index (χ4v) is 1.45. The van der Waals surface area contributed by atoms with E-state index >= 15 is 0 Å². The molecule has 0 saturated heterocycles. The highest BCUT2D eigenvalue weighted by molar-refractivity contribution is 5.94. The second kappa shape index (κ2) is 3.27. The summed E-state index contributed by atoms with van der Waals surface area (Å²) in [6.07, 6.45) is 0. The number of aryl methyl sites for hydroxylation is 1. The fraction of sp³-hybridized carbons (Fsp3) is 0.200. The highest BCUT2D eigenvalue weighted by atomic mass is 16.5. The molecule has 0 spiro atoms. The molecule has 5 nitrogen and oxygen atoms in total. The second-order valence-electron chi connectivity index (χ2n) is 3.19. The van der Waals surface area contributed by atoms with Crippen LogP contribution in [0.4, 0.5) is 6.01 Å². The number of rotatable bonds is 1. The van der Waals surface area contributed by atoms with Gasteiger partial charge in [0.15, 0.2) is 5.58 Å². The maximum atomic E-state index is 11.3. The smallest absolute Gasteiger partial charge is 0.337 e. The molecule has 2 N–H and O–H groups in total. The fourth-order valence-electron chi connectivity index (χ4n) is 1.45. The summed E-state index contributed by atoms with van der Waals surface area (Å²) in [6, 6.07) is 3.36. The van der Waals surface area contributed by atoms with Crippen molar-refractivity contribution in [3.8, 4) is 0 Å². The molecule has 0 unspecified atom stereocenters. The van der Waals surface area contributed by atoms with Gasteiger partial charge in [-0.05, 0) is 24.6 Å². The number of nitrogen functional groups attached to an aromatic ring is 1. The Labute approximate surface area is 85.8 Å². The Morgan fingerprint density at radius 3 is 2.93 bits per heavy atom. The molecule has 0 aliphatic rings. The average Bonchev–Trinajstić information content (AvgIpc) is 2.58. The van der Waals surface area contributed by atoms with E-state index in [0.717, 1.165) is 5.56 Å². The number of hydrogen-bond acceptors (Lipinski definition) is 5. The summed E-state index contributed by atoms with van der Waals surface area (Å²) in [4.78, 5) is 15.3. The number of methoxy groups -OCH3 is 1. The zero-order valence-corrected chi connectivity index (χ0v) is 8.40. The summed E-state index contributed by atoms with van der Waals surface area (Å²) in [5.41, 5.74) is 7.83. The number of esters is 1. The predicted octanol–water partition coefficient (Wildman–Crippen LogP) is 1.51. The molecule has 0 amide bonds. The lowest BCUT2D eigenvalue weighted by molar-refractivity contribution is 0.0601. The van der Waals surface area contributed by atoms with Gasteiger partial charge in [-0.2, -0.15) is 4.98 Å². The molecule has 1 heterocycles. The number of aromatic nitrogens is 1. The van der Waals surface area contributed by atoms with Gasteiger partial charge in [0.05, 0.1) is 12.7 Å². The van der Waals surface area contributed by atoms with E-state index in [9.17, 15) is 4.79 Å². The number of anilines is 1. The second-order valence-corrected chi connectivity index (χ2v) is 3.19. The summed E-state index contributed by atoms with van der Waals surface area (Å²) < 4.78 is 9.80. The van der Waals surface area contributed by atoms with E-state index in [0.29, 0.717) is 16.7 Å². The Balaban J connectivity index is 2.66. The predicted molar refractivity (Wildman–Crippen MR) is 54.5 cm³/mol. The Bertz CT molecular complexity index is 531. The summed E-state index contributed by atoms with van der Waals surface area (Å²) in [5, 5.41) is 0. The maximum absolute atomic E-state index is 11.3. The number of fused-ring (bicyclic) bond motifs is 1. The minimum atomic E-state index is -0.401.